The van der Waals surface area contributed by atoms with E-state index in [-0.39, 0.29) is 11.2 Å². The Hall–Kier alpha value is -0.580. The second-order valence-electron chi connectivity index (χ2n) is 7.46. The highest BCUT2D eigenvalue weighted by molar-refractivity contribution is 7.90. The van der Waals surface area contributed by atoms with E-state index >= 15 is 0 Å². The van der Waals surface area contributed by atoms with Gasteiger partial charge in [-0.3, -0.25) is 4.79 Å². The molecule has 5 heteroatoms. The third kappa shape index (κ3) is 4.76. The molecular formula is C15H28O4S. The van der Waals surface area contributed by atoms with Crippen molar-refractivity contribution in [1.29, 1.82) is 0 Å². The van der Waals surface area contributed by atoms with E-state index in [4.69, 9.17) is 0 Å². The molecule has 1 fully saturated rings. The molecule has 0 aliphatic heterocycles. The summed E-state index contributed by atoms with van der Waals surface area (Å²) in [5.41, 5.74) is -0.482. The van der Waals surface area contributed by atoms with Crippen LogP contribution < -0.4 is 0 Å². The van der Waals surface area contributed by atoms with Crippen molar-refractivity contribution in [2.75, 3.05) is 12.0 Å². The van der Waals surface area contributed by atoms with Gasteiger partial charge in [-0.15, -0.1) is 0 Å². The van der Waals surface area contributed by atoms with Gasteiger partial charge in [-0.25, -0.2) is 8.42 Å². The van der Waals surface area contributed by atoms with Gasteiger partial charge in [-0.1, -0.05) is 20.8 Å². The molecule has 0 unspecified atom stereocenters. The highest BCUT2D eigenvalue weighted by Gasteiger charge is 2.43. The Bertz CT molecular complexity index is 437. The predicted molar refractivity (Wildman–Crippen MR) is 80.4 cm³/mol. The first-order valence-corrected chi connectivity index (χ1v) is 9.43. The van der Waals surface area contributed by atoms with Crippen LogP contribution in [0.5, 0.6) is 0 Å². The molecule has 20 heavy (non-hydrogen) atoms. The zero-order valence-corrected chi connectivity index (χ0v) is 13.9. The summed E-state index contributed by atoms with van der Waals surface area (Å²) in [6.07, 6.45) is 5.33. The molecule has 0 heterocycles. The minimum Gasteiger partial charge on any atom is -0.481 e. The highest BCUT2D eigenvalue weighted by atomic mass is 32.2. The zero-order chi connectivity index (χ0) is 15.6. The van der Waals surface area contributed by atoms with Gasteiger partial charge in [0.25, 0.3) is 0 Å². The van der Waals surface area contributed by atoms with Crippen LogP contribution in [0.15, 0.2) is 0 Å². The lowest BCUT2D eigenvalue weighted by Gasteiger charge is -2.42. The number of carboxylic acids is 1. The molecule has 1 rings (SSSR count). The summed E-state index contributed by atoms with van der Waals surface area (Å²) in [5.74, 6) is -0.103. The standard InChI is InChI=1S/C15H28O4S/c1-14(2,3)12-6-9-15(10-7-12,13(16)17)8-5-11-20(4,18)19/h12H,5-11H2,1-4H3,(H,16,17). The average Bonchev–Trinajstić information content (AvgIpc) is 2.26. The third-order valence-corrected chi connectivity index (χ3v) is 5.82. The molecule has 1 aliphatic rings. The first kappa shape index (κ1) is 17.5. The Kier molecular flexibility index (Phi) is 5.28. The molecule has 1 N–H and O–H groups in total. The molecule has 4 nitrogen and oxygen atoms in total. The van der Waals surface area contributed by atoms with Gasteiger partial charge in [0.05, 0.1) is 5.41 Å². The first-order valence-electron chi connectivity index (χ1n) is 7.37. The van der Waals surface area contributed by atoms with Crippen molar-refractivity contribution in [2.45, 2.75) is 59.3 Å². The van der Waals surface area contributed by atoms with Crippen LogP contribution in [0.4, 0.5) is 0 Å². The van der Waals surface area contributed by atoms with Crippen molar-refractivity contribution in [3.63, 3.8) is 0 Å². The average molecular weight is 304 g/mol. The predicted octanol–water partition coefficient (Wildman–Crippen LogP) is 3.12. The van der Waals surface area contributed by atoms with Crippen LogP contribution in [0.2, 0.25) is 0 Å². The normalized spacial score (nSPS) is 28.3. The Morgan fingerprint density at radius 1 is 1.25 bits per heavy atom. The number of carboxylic acid groups (broad SMARTS) is 1. The summed E-state index contributed by atoms with van der Waals surface area (Å²) in [5, 5.41) is 9.56. The molecule has 0 amide bonds. The lowest BCUT2D eigenvalue weighted by atomic mass is 9.63. The van der Waals surface area contributed by atoms with E-state index in [0.717, 1.165) is 12.8 Å². The Morgan fingerprint density at radius 3 is 2.10 bits per heavy atom. The number of rotatable bonds is 5. The maximum Gasteiger partial charge on any atom is 0.309 e. The molecule has 0 spiro atoms. The van der Waals surface area contributed by atoms with Crippen molar-refractivity contribution in [1.82, 2.24) is 0 Å². The fourth-order valence-electron chi connectivity index (χ4n) is 3.28. The summed E-state index contributed by atoms with van der Waals surface area (Å²) in [7, 11) is -3.00. The number of sulfone groups is 1. The van der Waals surface area contributed by atoms with E-state index in [2.05, 4.69) is 20.8 Å². The Morgan fingerprint density at radius 2 is 1.75 bits per heavy atom. The van der Waals surface area contributed by atoms with Crippen LogP contribution in [-0.2, 0) is 14.6 Å². The van der Waals surface area contributed by atoms with E-state index in [1.807, 2.05) is 0 Å². The van der Waals surface area contributed by atoms with Crippen LogP contribution in [0.3, 0.4) is 0 Å². The zero-order valence-electron chi connectivity index (χ0n) is 13.1. The smallest absolute Gasteiger partial charge is 0.309 e. The molecule has 0 saturated heterocycles. The van der Waals surface area contributed by atoms with Crippen molar-refractivity contribution in [2.24, 2.45) is 16.7 Å². The summed E-state index contributed by atoms with van der Waals surface area (Å²) < 4.78 is 22.4. The summed E-state index contributed by atoms with van der Waals surface area (Å²) >= 11 is 0. The monoisotopic (exact) mass is 304 g/mol. The van der Waals surface area contributed by atoms with Crippen LogP contribution in [-0.4, -0.2) is 31.5 Å². The van der Waals surface area contributed by atoms with Crippen molar-refractivity contribution < 1.29 is 18.3 Å². The Labute approximate surface area is 122 Å². The van der Waals surface area contributed by atoms with Crippen molar-refractivity contribution in [3.05, 3.63) is 0 Å². The largest absolute Gasteiger partial charge is 0.481 e. The molecule has 0 radical (unpaired) electrons. The molecule has 0 aromatic carbocycles. The maximum absolute atomic E-state index is 11.6. The topological polar surface area (TPSA) is 71.4 Å². The number of hydrogen-bond acceptors (Lipinski definition) is 3. The number of carbonyl (C=O) groups is 1. The highest BCUT2D eigenvalue weighted by Crippen LogP contribution is 2.47. The number of aliphatic carboxylic acids is 1. The van der Waals surface area contributed by atoms with Crippen LogP contribution in [0.25, 0.3) is 0 Å². The van der Waals surface area contributed by atoms with Crippen LogP contribution >= 0.6 is 0 Å². The summed E-state index contributed by atoms with van der Waals surface area (Å²) in [4.78, 5) is 11.6. The van der Waals surface area contributed by atoms with Crippen LogP contribution in [0, 0.1) is 16.7 Å². The Balaban J connectivity index is 2.65. The maximum atomic E-state index is 11.6. The van der Waals surface area contributed by atoms with Gasteiger partial charge in [0.2, 0.25) is 0 Å². The lowest BCUT2D eigenvalue weighted by Crippen LogP contribution is -2.38. The molecular weight excluding hydrogens is 276 g/mol. The lowest BCUT2D eigenvalue weighted by molar-refractivity contribution is -0.153. The SMILES string of the molecule is CC(C)(C)C1CCC(CCCS(C)(=O)=O)(C(=O)O)CC1. The molecule has 0 bridgehead atoms. The van der Waals surface area contributed by atoms with Crippen molar-refractivity contribution >= 4 is 15.8 Å². The van der Waals surface area contributed by atoms with Gasteiger partial charge in [0.15, 0.2) is 0 Å². The first-order chi connectivity index (χ1) is 8.96. The second-order valence-corrected chi connectivity index (χ2v) is 9.72. The molecule has 118 valence electrons. The van der Waals surface area contributed by atoms with E-state index < -0.39 is 21.2 Å². The van der Waals surface area contributed by atoms with Gasteiger partial charge in [0, 0.05) is 12.0 Å². The van der Waals surface area contributed by atoms with E-state index in [0.29, 0.717) is 31.6 Å². The minimum absolute atomic E-state index is 0.0880. The van der Waals surface area contributed by atoms with Gasteiger partial charge in [0.1, 0.15) is 9.84 Å². The van der Waals surface area contributed by atoms with Gasteiger partial charge < -0.3 is 5.11 Å². The van der Waals surface area contributed by atoms with Gasteiger partial charge in [-0.2, -0.15) is 0 Å². The van der Waals surface area contributed by atoms with Crippen LogP contribution in [0.1, 0.15) is 59.3 Å². The summed E-state index contributed by atoms with van der Waals surface area (Å²) in [6, 6.07) is 0. The molecule has 1 saturated carbocycles. The van der Waals surface area contributed by atoms with Gasteiger partial charge >= 0.3 is 5.97 Å². The van der Waals surface area contributed by atoms with E-state index in [1.54, 1.807) is 0 Å². The van der Waals surface area contributed by atoms with E-state index in [1.165, 1.54) is 6.26 Å². The van der Waals surface area contributed by atoms with Crippen molar-refractivity contribution in [3.8, 4) is 0 Å². The minimum atomic E-state index is -3.00. The fraction of sp³-hybridized carbons (Fsp3) is 0.933. The number of hydrogen-bond donors (Lipinski definition) is 1. The molecule has 0 aromatic heterocycles. The van der Waals surface area contributed by atoms with E-state index in [9.17, 15) is 18.3 Å². The fourth-order valence-corrected chi connectivity index (χ4v) is 3.95. The third-order valence-electron chi connectivity index (χ3n) is 4.79. The van der Waals surface area contributed by atoms with Gasteiger partial charge in [-0.05, 0) is 49.9 Å². The second kappa shape index (κ2) is 6.04. The summed E-state index contributed by atoms with van der Waals surface area (Å²) in [6.45, 7) is 6.61. The molecule has 0 atom stereocenters. The quantitative estimate of drug-likeness (QED) is 0.847. The molecule has 1 aliphatic carbocycles. The molecule has 0 aromatic rings.